The van der Waals surface area contributed by atoms with Crippen molar-refractivity contribution >= 4 is 17.7 Å². The molecule has 28 heavy (non-hydrogen) atoms. The van der Waals surface area contributed by atoms with Gasteiger partial charge in [-0.3, -0.25) is 4.79 Å². The molecule has 1 saturated carbocycles. The molecule has 142 valence electrons. The monoisotopic (exact) mass is 378 g/mol. The van der Waals surface area contributed by atoms with Crippen molar-refractivity contribution in [1.29, 1.82) is 0 Å². The van der Waals surface area contributed by atoms with Crippen molar-refractivity contribution in [3.05, 3.63) is 89.5 Å². The molecule has 1 amide bonds. The first-order valence-corrected chi connectivity index (χ1v) is 9.33. The van der Waals surface area contributed by atoms with Gasteiger partial charge in [-0.05, 0) is 72.4 Å². The molecule has 2 aromatic rings. The Morgan fingerprint density at radius 1 is 1.07 bits per heavy atom. The van der Waals surface area contributed by atoms with E-state index in [-0.39, 0.29) is 29.5 Å². The van der Waals surface area contributed by atoms with Gasteiger partial charge in [0.05, 0.1) is 11.8 Å². The first kappa shape index (κ1) is 18.3. The molecule has 1 aliphatic carbocycles. The minimum absolute atomic E-state index is 0.0369. The number of allylic oxidation sites excluding steroid dienone is 1. The molecule has 1 heterocycles. The minimum atomic E-state index is -0.315. The number of nitrogens with zero attached hydrogens (tertiary/aromatic N) is 2. The van der Waals surface area contributed by atoms with E-state index in [1.165, 1.54) is 35.4 Å². The molecule has 2 aliphatic rings. The number of halogens is 2. The van der Waals surface area contributed by atoms with Crippen LogP contribution in [0.2, 0.25) is 0 Å². The number of carbonyl (C=O) groups is 1. The summed E-state index contributed by atoms with van der Waals surface area (Å²) >= 11 is 0. The van der Waals surface area contributed by atoms with Crippen LogP contribution >= 0.6 is 0 Å². The SMILES string of the molecule is C=CC(=O)N1N=C2/C(=C/c3ccc(F)cc3)CCCC2C1c1ccc(F)cc1. The lowest BCUT2D eigenvalue weighted by Gasteiger charge is -2.29. The van der Waals surface area contributed by atoms with Gasteiger partial charge in [0.2, 0.25) is 0 Å². The van der Waals surface area contributed by atoms with E-state index in [9.17, 15) is 13.6 Å². The number of hydrazone groups is 1. The van der Waals surface area contributed by atoms with E-state index in [4.69, 9.17) is 0 Å². The first-order valence-electron chi connectivity index (χ1n) is 9.33. The number of fused-ring (bicyclic) bond motifs is 1. The van der Waals surface area contributed by atoms with E-state index < -0.39 is 0 Å². The Balaban J connectivity index is 1.74. The lowest BCUT2D eigenvalue weighted by Crippen LogP contribution is -2.30. The lowest BCUT2D eigenvalue weighted by atomic mass is 9.77. The van der Waals surface area contributed by atoms with Gasteiger partial charge in [-0.1, -0.05) is 30.8 Å². The van der Waals surface area contributed by atoms with Gasteiger partial charge in [0.25, 0.3) is 5.91 Å². The molecular weight excluding hydrogens is 358 g/mol. The second-order valence-corrected chi connectivity index (χ2v) is 7.09. The molecule has 1 fully saturated rings. The van der Waals surface area contributed by atoms with Crippen LogP contribution in [0.3, 0.4) is 0 Å². The Hall–Kier alpha value is -3.08. The normalized spacial score (nSPS) is 22.7. The van der Waals surface area contributed by atoms with E-state index >= 15 is 0 Å². The predicted octanol–water partition coefficient (Wildman–Crippen LogP) is 5.27. The average molecular weight is 378 g/mol. The van der Waals surface area contributed by atoms with E-state index in [0.717, 1.165) is 41.7 Å². The van der Waals surface area contributed by atoms with E-state index in [1.807, 2.05) is 6.08 Å². The molecule has 2 aromatic carbocycles. The Kier molecular flexibility index (Phi) is 4.90. The molecule has 0 N–H and O–H groups in total. The van der Waals surface area contributed by atoms with Crippen LogP contribution in [0.5, 0.6) is 0 Å². The smallest absolute Gasteiger partial charge is 0.266 e. The van der Waals surface area contributed by atoms with Gasteiger partial charge < -0.3 is 0 Å². The average Bonchev–Trinajstić information content (AvgIpc) is 3.10. The molecule has 0 radical (unpaired) electrons. The Morgan fingerprint density at radius 3 is 2.36 bits per heavy atom. The second-order valence-electron chi connectivity index (χ2n) is 7.09. The number of carbonyl (C=O) groups excluding carboxylic acids is 1. The van der Waals surface area contributed by atoms with Gasteiger partial charge in [-0.15, -0.1) is 0 Å². The molecule has 4 rings (SSSR count). The summed E-state index contributed by atoms with van der Waals surface area (Å²) in [5, 5.41) is 6.11. The summed E-state index contributed by atoms with van der Waals surface area (Å²) in [5.41, 5.74) is 3.67. The quantitative estimate of drug-likeness (QED) is 0.670. The summed E-state index contributed by atoms with van der Waals surface area (Å²) in [6.45, 7) is 3.59. The molecular formula is C23H20F2N2O. The zero-order valence-electron chi connectivity index (χ0n) is 15.3. The molecule has 2 atom stereocenters. The van der Waals surface area contributed by atoms with Crippen LogP contribution in [-0.4, -0.2) is 16.6 Å². The number of hydrogen-bond donors (Lipinski definition) is 0. The van der Waals surface area contributed by atoms with Crippen LogP contribution in [0.25, 0.3) is 6.08 Å². The number of rotatable bonds is 3. The van der Waals surface area contributed by atoms with Gasteiger partial charge >= 0.3 is 0 Å². The van der Waals surface area contributed by atoms with Crippen molar-refractivity contribution in [3.8, 4) is 0 Å². The summed E-state index contributed by atoms with van der Waals surface area (Å²) in [5.74, 6) is -0.835. The maximum atomic E-state index is 13.4. The highest BCUT2D eigenvalue weighted by Gasteiger charge is 2.43. The first-order chi connectivity index (χ1) is 13.6. The van der Waals surface area contributed by atoms with Gasteiger partial charge in [0, 0.05) is 5.92 Å². The number of hydrogen-bond acceptors (Lipinski definition) is 2. The van der Waals surface area contributed by atoms with Gasteiger partial charge in [-0.2, -0.15) is 5.10 Å². The maximum Gasteiger partial charge on any atom is 0.266 e. The summed E-state index contributed by atoms with van der Waals surface area (Å²) in [6, 6.07) is 12.3. The summed E-state index contributed by atoms with van der Waals surface area (Å²) in [7, 11) is 0. The highest BCUT2D eigenvalue weighted by atomic mass is 19.1. The third-order valence-corrected chi connectivity index (χ3v) is 5.32. The largest absolute Gasteiger partial charge is 0.268 e. The van der Waals surface area contributed by atoms with Crippen molar-refractivity contribution in [2.45, 2.75) is 25.3 Å². The molecule has 2 unspecified atom stereocenters. The van der Waals surface area contributed by atoms with Crippen molar-refractivity contribution in [3.63, 3.8) is 0 Å². The molecule has 0 bridgehead atoms. The summed E-state index contributed by atoms with van der Waals surface area (Å²) in [4.78, 5) is 12.5. The lowest BCUT2D eigenvalue weighted by molar-refractivity contribution is -0.128. The Morgan fingerprint density at radius 2 is 1.71 bits per heavy atom. The molecule has 3 nitrogen and oxygen atoms in total. The van der Waals surface area contributed by atoms with Crippen molar-refractivity contribution < 1.29 is 13.6 Å². The highest BCUT2D eigenvalue weighted by Crippen LogP contribution is 2.44. The van der Waals surface area contributed by atoms with Crippen LogP contribution in [-0.2, 0) is 4.79 Å². The Labute approximate surface area is 162 Å². The van der Waals surface area contributed by atoms with E-state index in [1.54, 1.807) is 24.3 Å². The zero-order valence-corrected chi connectivity index (χ0v) is 15.3. The third-order valence-electron chi connectivity index (χ3n) is 5.32. The fourth-order valence-electron chi connectivity index (χ4n) is 4.03. The maximum absolute atomic E-state index is 13.4. The van der Waals surface area contributed by atoms with Crippen LogP contribution in [0.1, 0.15) is 36.4 Å². The van der Waals surface area contributed by atoms with E-state index in [0.29, 0.717) is 0 Å². The van der Waals surface area contributed by atoms with Crippen molar-refractivity contribution in [2.75, 3.05) is 0 Å². The predicted molar refractivity (Wildman–Crippen MR) is 105 cm³/mol. The Bertz CT molecular complexity index is 961. The fraction of sp³-hybridized carbons (Fsp3) is 0.217. The molecule has 0 spiro atoms. The molecule has 1 aliphatic heterocycles. The summed E-state index contributed by atoms with van der Waals surface area (Å²) < 4.78 is 26.6. The second kappa shape index (κ2) is 7.50. The van der Waals surface area contributed by atoms with Crippen LogP contribution < -0.4 is 0 Å². The fourth-order valence-corrected chi connectivity index (χ4v) is 4.03. The molecule has 0 saturated heterocycles. The van der Waals surface area contributed by atoms with Crippen molar-refractivity contribution in [2.24, 2.45) is 11.0 Å². The van der Waals surface area contributed by atoms with Crippen LogP contribution in [0.4, 0.5) is 8.78 Å². The topological polar surface area (TPSA) is 32.7 Å². The summed E-state index contributed by atoms with van der Waals surface area (Å²) in [6.07, 6.45) is 5.96. The van der Waals surface area contributed by atoms with Crippen LogP contribution in [0.15, 0.2) is 71.9 Å². The number of amides is 1. The van der Waals surface area contributed by atoms with Gasteiger partial charge in [0.1, 0.15) is 11.6 Å². The van der Waals surface area contributed by atoms with E-state index in [2.05, 4.69) is 11.7 Å². The minimum Gasteiger partial charge on any atom is -0.268 e. The molecule has 5 heteroatoms. The standard InChI is InChI=1S/C23H20F2N2O/c1-2-21(28)27-23(16-8-12-19(25)13-9-16)20-5-3-4-17(22(20)26-27)14-15-6-10-18(24)11-7-15/h2,6-14,20,23H,1,3-5H2/b17-14+. The van der Waals surface area contributed by atoms with Gasteiger partial charge in [-0.25, -0.2) is 13.8 Å². The van der Waals surface area contributed by atoms with Crippen LogP contribution in [0, 0.1) is 17.6 Å². The third kappa shape index (κ3) is 3.40. The van der Waals surface area contributed by atoms with Gasteiger partial charge in [0.15, 0.2) is 0 Å². The molecule has 0 aromatic heterocycles. The zero-order chi connectivity index (χ0) is 19.7. The number of benzene rings is 2. The van der Waals surface area contributed by atoms with Crippen molar-refractivity contribution in [1.82, 2.24) is 5.01 Å². The highest BCUT2D eigenvalue weighted by molar-refractivity contribution is 6.08.